The van der Waals surface area contributed by atoms with Gasteiger partial charge in [-0.25, -0.2) is 0 Å². The molecule has 7 heteroatoms. The minimum atomic E-state index is -3.48. The molecular formula is C12H19N3O3S. The average Bonchev–Trinajstić information content (AvgIpc) is 2.37. The third-order valence-electron chi connectivity index (χ3n) is 2.89. The molecule has 0 aromatic carbocycles. The lowest BCUT2D eigenvalue weighted by atomic mass is 10.3. The fourth-order valence-corrected chi connectivity index (χ4v) is 3.41. The third kappa shape index (κ3) is 3.97. The van der Waals surface area contributed by atoms with Crippen LogP contribution in [0.5, 0.6) is 0 Å². The predicted molar refractivity (Wildman–Crippen MR) is 71.6 cm³/mol. The van der Waals surface area contributed by atoms with E-state index < -0.39 is 10.2 Å². The monoisotopic (exact) mass is 285 g/mol. The molecular weight excluding hydrogens is 266 g/mol. The van der Waals surface area contributed by atoms with E-state index in [1.165, 1.54) is 4.31 Å². The van der Waals surface area contributed by atoms with Gasteiger partial charge in [0.25, 0.3) is 10.2 Å². The zero-order chi connectivity index (χ0) is 13.9. The second kappa shape index (κ2) is 5.96. The van der Waals surface area contributed by atoms with Gasteiger partial charge in [-0.2, -0.15) is 17.4 Å². The van der Waals surface area contributed by atoms with Crippen LogP contribution in [0.25, 0.3) is 0 Å². The number of nitrogens with zero attached hydrogens (tertiary/aromatic N) is 2. The summed E-state index contributed by atoms with van der Waals surface area (Å²) in [6.45, 7) is 4.70. The summed E-state index contributed by atoms with van der Waals surface area (Å²) < 4.78 is 33.9. The first kappa shape index (κ1) is 14.4. The summed E-state index contributed by atoms with van der Waals surface area (Å²) in [5, 5.41) is 0. The van der Waals surface area contributed by atoms with Crippen LogP contribution in [0, 0.1) is 0 Å². The molecule has 6 nitrogen and oxygen atoms in total. The summed E-state index contributed by atoms with van der Waals surface area (Å²) in [6, 6.07) is 5.41. The van der Waals surface area contributed by atoms with Crippen molar-refractivity contribution in [3.63, 3.8) is 0 Å². The van der Waals surface area contributed by atoms with Gasteiger partial charge >= 0.3 is 0 Å². The summed E-state index contributed by atoms with van der Waals surface area (Å²) in [4.78, 5) is 4.09. The lowest BCUT2D eigenvalue weighted by Crippen LogP contribution is -2.51. The normalized spacial score (nSPS) is 25.4. The highest BCUT2D eigenvalue weighted by molar-refractivity contribution is 7.87. The Hall–Kier alpha value is -1.02. The smallest absolute Gasteiger partial charge is 0.279 e. The van der Waals surface area contributed by atoms with E-state index in [1.54, 1.807) is 18.3 Å². The first-order valence-electron chi connectivity index (χ1n) is 6.27. The molecule has 106 valence electrons. The highest BCUT2D eigenvalue weighted by atomic mass is 32.2. The second-order valence-corrected chi connectivity index (χ2v) is 6.48. The quantitative estimate of drug-likeness (QED) is 0.875. The number of nitrogens with one attached hydrogen (secondary N) is 1. The molecule has 0 saturated carbocycles. The van der Waals surface area contributed by atoms with Gasteiger partial charge in [-0.15, -0.1) is 0 Å². The summed E-state index contributed by atoms with van der Waals surface area (Å²) in [5.41, 5.74) is 0.695. The van der Waals surface area contributed by atoms with Crippen molar-refractivity contribution in [2.24, 2.45) is 0 Å². The molecule has 1 fully saturated rings. The van der Waals surface area contributed by atoms with E-state index in [-0.39, 0.29) is 18.8 Å². The largest absolute Gasteiger partial charge is 0.373 e. The first-order chi connectivity index (χ1) is 8.97. The summed E-state index contributed by atoms with van der Waals surface area (Å²) in [6.07, 6.45) is 1.47. The number of pyridine rings is 1. The molecule has 2 rings (SSSR count). The highest BCUT2D eigenvalue weighted by Crippen LogP contribution is 2.13. The van der Waals surface area contributed by atoms with Crippen molar-refractivity contribution in [1.29, 1.82) is 0 Å². The molecule has 19 heavy (non-hydrogen) atoms. The Balaban J connectivity index is 1.98. The van der Waals surface area contributed by atoms with Crippen LogP contribution in [0.3, 0.4) is 0 Å². The van der Waals surface area contributed by atoms with Crippen molar-refractivity contribution in [2.45, 2.75) is 32.6 Å². The van der Waals surface area contributed by atoms with E-state index in [1.807, 2.05) is 19.9 Å². The van der Waals surface area contributed by atoms with Crippen molar-refractivity contribution in [3.8, 4) is 0 Å². The summed E-state index contributed by atoms with van der Waals surface area (Å²) in [7, 11) is -3.48. The predicted octanol–water partition coefficient (Wildman–Crippen LogP) is 0.525. The Bertz CT molecular complexity index is 496. The van der Waals surface area contributed by atoms with Crippen LogP contribution in [0.2, 0.25) is 0 Å². The SMILES string of the molecule is CC1CN(S(=O)(=O)NCc2ccccn2)CC(C)O1. The number of ether oxygens (including phenoxy) is 1. The first-order valence-corrected chi connectivity index (χ1v) is 7.71. The molecule has 0 spiro atoms. The van der Waals surface area contributed by atoms with Crippen LogP contribution < -0.4 is 4.72 Å². The van der Waals surface area contributed by atoms with E-state index in [4.69, 9.17) is 4.74 Å². The second-order valence-electron chi connectivity index (χ2n) is 4.72. The Morgan fingerprint density at radius 1 is 1.37 bits per heavy atom. The number of hydrogen-bond acceptors (Lipinski definition) is 4. The molecule has 1 aromatic rings. The zero-order valence-electron chi connectivity index (χ0n) is 11.1. The van der Waals surface area contributed by atoms with Crippen molar-refractivity contribution in [3.05, 3.63) is 30.1 Å². The molecule has 2 unspecified atom stereocenters. The topological polar surface area (TPSA) is 71.5 Å². The van der Waals surface area contributed by atoms with E-state index in [9.17, 15) is 8.42 Å². The maximum Gasteiger partial charge on any atom is 0.279 e. The molecule has 0 aliphatic carbocycles. The van der Waals surface area contributed by atoms with E-state index in [0.29, 0.717) is 18.8 Å². The van der Waals surface area contributed by atoms with Crippen LogP contribution >= 0.6 is 0 Å². The lowest BCUT2D eigenvalue weighted by Gasteiger charge is -2.34. The van der Waals surface area contributed by atoms with Gasteiger partial charge < -0.3 is 4.74 Å². The number of hydrogen-bond donors (Lipinski definition) is 1. The van der Waals surface area contributed by atoms with Crippen LogP contribution in [0.15, 0.2) is 24.4 Å². The Morgan fingerprint density at radius 3 is 2.63 bits per heavy atom. The maximum absolute atomic E-state index is 12.2. The average molecular weight is 285 g/mol. The van der Waals surface area contributed by atoms with E-state index >= 15 is 0 Å². The minimum Gasteiger partial charge on any atom is -0.373 e. The molecule has 0 amide bonds. The van der Waals surface area contributed by atoms with Crippen LogP contribution in [-0.4, -0.2) is 43.0 Å². The molecule has 1 aliphatic heterocycles. The van der Waals surface area contributed by atoms with Crippen LogP contribution in [-0.2, 0) is 21.5 Å². The molecule has 2 heterocycles. The maximum atomic E-state index is 12.2. The third-order valence-corrected chi connectivity index (χ3v) is 4.37. The van der Waals surface area contributed by atoms with E-state index in [2.05, 4.69) is 9.71 Å². The lowest BCUT2D eigenvalue weighted by molar-refractivity contribution is -0.0444. The zero-order valence-corrected chi connectivity index (χ0v) is 11.9. The molecule has 1 aromatic heterocycles. The number of rotatable bonds is 4. The number of morpholine rings is 1. The Morgan fingerprint density at radius 2 is 2.05 bits per heavy atom. The van der Waals surface area contributed by atoms with Crippen LogP contribution in [0.4, 0.5) is 0 Å². The van der Waals surface area contributed by atoms with Crippen molar-refractivity contribution >= 4 is 10.2 Å². The Labute approximate surface area is 114 Å². The Kier molecular flexibility index (Phi) is 4.51. The van der Waals surface area contributed by atoms with Gasteiger partial charge in [0.1, 0.15) is 0 Å². The molecule has 2 atom stereocenters. The summed E-state index contributed by atoms with van der Waals surface area (Å²) in [5.74, 6) is 0. The van der Waals surface area contributed by atoms with Crippen molar-refractivity contribution < 1.29 is 13.2 Å². The van der Waals surface area contributed by atoms with Gasteiger partial charge in [0, 0.05) is 19.3 Å². The van der Waals surface area contributed by atoms with Crippen molar-refractivity contribution in [2.75, 3.05) is 13.1 Å². The standard InChI is InChI=1S/C12H19N3O3S/c1-10-8-15(9-11(2)18-10)19(16,17)14-7-12-5-3-4-6-13-12/h3-6,10-11,14H,7-9H2,1-2H3. The highest BCUT2D eigenvalue weighted by Gasteiger charge is 2.30. The van der Waals surface area contributed by atoms with Gasteiger partial charge in [0.15, 0.2) is 0 Å². The van der Waals surface area contributed by atoms with E-state index in [0.717, 1.165) is 0 Å². The summed E-state index contributed by atoms with van der Waals surface area (Å²) >= 11 is 0. The van der Waals surface area contributed by atoms with Gasteiger partial charge in [0.05, 0.1) is 24.4 Å². The van der Waals surface area contributed by atoms with Crippen LogP contribution in [0.1, 0.15) is 19.5 Å². The fourth-order valence-electron chi connectivity index (χ4n) is 2.09. The number of aromatic nitrogens is 1. The molecule has 1 aliphatic rings. The van der Waals surface area contributed by atoms with Gasteiger partial charge in [-0.3, -0.25) is 4.98 Å². The van der Waals surface area contributed by atoms with Gasteiger partial charge in [0.2, 0.25) is 0 Å². The molecule has 0 bridgehead atoms. The fraction of sp³-hybridized carbons (Fsp3) is 0.583. The van der Waals surface area contributed by atoms with Crippen molar-refractivity contribution in [1.82, 2.24) is 14.0 Å². The molecule has 1 N–H and O–H groups in total. The van der Waals surface area contributed by atoms with Gasteiger partial charge in [-0.05, 0) is 26.0 Å². The minimum absolute atomic E-state index is 0.0878. The van der Waals surface area contributed by atoms with Gasteiger partial charge in [-0.1, -0.05) is 6.07 Å². The molecule has 1 saturated heterocycles. The molecule has 0 radical (unpaired) electrons.